The molecule has 78 valence electrons. The van der Waals surface area contributed by atoms with Gasteiger partial charge in [0.05, 0.1) is 7.05 Å². The fourth-order valence-corrected chi connectivity index (χ4v) is 1.18. The van der Waals surface area contributed by atoms with Gasteiger partial charge >= 0.3 is 0 Å². The summed E-state index contributed by atoms with van der Waals surface area (Å²) in [5.41, 5.74) is 1.29. The minimum atomic E-state index is 0.783. The molecule has 0 aromatic carbocycles. The van der Waals surface area contributed by atoms with E-state index in [1.165, 1.54) is 10.4 Å². The molecule has 1 aromatic heterocycles. The summed E-state index contributed by atoms with van der Waals surface area (Å²) >= 11 is 0. The van der Waals surface area contributed by atoms with Crippen LogP contribution in [0, 0.1) is 0 Å². The Kier molecular flexibility index (Phi) is 4.25. The van der Waals surface area contributed by atoms with Crippen molar-refractivity contribution in [2.75, 3.05) is 13.6 Å². The third-order valence-corrected chi connectivity index (χ3v) is 1.87. The number of aryl methyl sites for hydroxylation is 1. The molecule has 0 bridgehead atoms. The van der Waals surface area contributed by atoms with E-state index in [1.807, 2.05) is 7.05 Å². The number of allylic oxidation sites excluding steroid dienone is 1. The summed E-state index contributed by atoms with van der Waals surface area (Å²) < 4.78 is 0. The quantitative estimate of drug-likeness (QED) is 0.542. The Morgan fingerprint density at radius 1 is 1.57 bits per heavy atom. The Morgan fingerprint density at radius 2 is 2.36 bits per heavy atom. The standard InChI is InChI=1S/C9H17N5/c1-8(5-4-6-10-2)7-9-11-13-14(3)12-9/h5,10H,4,6-7H2,1-3H3/b8-5-. The summed E-state index contributed by atoms with van der Waals surface area (Å²) in [7, 11) is 3.73. The summed E-state index contributed by atoms with van der Waals surface area (Å²) in [5.74, 6) is 0.783. The molecule has 1 rings (SSSR count). The summed E-state index contributed by atoms with van der Waals surface area (Å²) in [6.45, 7) is 3.09. The molecule has 0 saturated heterocycles. The number of nitrogens with one attached hydrogen (secondary N) is 1. The highest BCUT2D eigenvalue weighted by Gasteiger charge is 2.00. The van der Waals surface area contributed by atoms with E-state index in [4.69, 9.17) is 0 Å². The zero-order chi connectivity index (χ0) is 10.4. The van der Waals surface area contributed by atoms with Gasteiger partial charge in [-0.15, -0.1) is 10.2 Å². The zero-order valence-electron chi connectivity index (χ0n) is 8.99. The Hall–Kier alpha value is -1.23. The molecule has 0 unspecified atom stereocenters. The van der Waals surface area contributed by atoms with Crippen molar-refractivity contribution in [3.63, 3.8) is 0 Å². The van der Waals surface area contributed by atoms with Gasteiger partial charge in [0.1, 0.15) is 0 Å². The molecule has 1 heterocycles. The second kappa shape index (κ2) is 5.49. The lowest BCUT2D eigenvalue weighted by atomic mass is 10.2. The number of hydrogen-bond acceptors (Lipinski definition) is 4. The second-order valence-electron chi connectivity index (χ2n) is 3.31. The molecule has 0 saturated carbocycles. The minimum Gasteiger partial charge on any atom is -0.319 e. The summed E-state index contributed by atoms with van der Waals surface area (Å²) in [5, 5.41) is 14.9. The molecule has 0 amide bonds. The van der Waals surface area contributed by atoms with E-state index in [0.717, 1.165) is 25.2 Å². The fraction of sp³-hybridized carbons (Fsp3) is 0.667. The normalized spacial score (nSPS) is 12.1. The van der Waals surface area contributed by atoms with Crippen LogP contribution in [0.2, 0.25) is 0 Å². The molecule has 1 aromatic rings. The van der Waals surface area contributed by atoms with Crippen molar-refractivity contribution in [3.8, 4) is 0 Å². The van der Waals surface area contributed by atoms with Gasteiger partial charge in [-0.05, 0) is 32.2 Å². The van der Waals surface area contributed by atoms with E-state index in [1.54, 1.807) is 7.05 Å². The molecular weight excluding hydrogens is 178 g/mol. The molecule has 0 fully saturated rings. The molecule has 0 atom stereocenters. The van der Waals surface area contributed by atoms with E-state index < -0.39 is 0 Å². The van der Waals surface area contributed by atoms with Crippen LogP contribution in [0.1, 0.15) is 19.2 Å². The van der Waals surface area contributed by atoms with Crippen molar-refractivity contribution in [1.29, 1.82) is 0 Å². The van der Waals surface area contributed by atoms with Crippen LogP contribution in [0.15, 0.2) is 11.6 Å². The smallest absolute Gasteiger partial charge is 0.178 e. The van der Waals surface area contributed by atoms with Gasteiger partial charge in [0.2, 0.25) is 0 Å². The predicted octanol–water partition coefficient (Wildman–Crippen LogP) is 0.308. The lowest BCUT2D eigenvalue weighted by molar-refractivity contribution is 0.628. The summed E-state index contributed by atoms with van der Waals surface area (Å²) in [4.78, 5) is 1.48. The Morgan fingerprint density at radius 3 is 2.93 bits per heavy atom. The van der Waals surface area contributed by atoms with Gasteiger partial charge in [-0.3, -0.25) is 0 Å². The van der Waals surface area contributed by atoms with E-state index in [0.29, 0.717) is 0 Å². The maximum atomic E-state index is 4.12. The fourth-order valence-electron chi connectivity index (χ4n) is 1.18. The lowest BCUT2D eigenvalue weighted by Gasteiger charge is -1.97. The number of tetrazole rings is 1. The maximum absolute atomic E-state index is 4.12. The van der Waals surface area contributed by atoms with E-state index in [-0.39, 0.29) is 0 Å². The van der Waals surface area contributed by atoms with Crippen molar-refractivity contribution in [2.45, 2.75) is 19.8 Å². The summed E-state index contributed by atoms with van der Waals surface area (Å²) in [6.07, 6.45) is 4.03. The molecule has 0 aliphatic heterocycles. The van der Waals surface area contributed by atoms with Crippen LogP contribution >= 0.6 is 0 Å². The average Bonchev–Trinajstić information content (AvgIpc) is 2.52. The van der Waals surface area contributed by atoms with Crippen molar-refractivity contribution < 1.29 is 0 Å². The average molecular weight is 195 g/mol. The highest BCUT2D eigenvalue weighted by atomic mass is 15.6. The number of nitrogens with zero attached hydrogens (tertiary/aromatic N) is 4. The largest absolute Gasteiger partial charge is 0.319 e. The highest BCUT2D eigenvalue weighted by molar-refractivity contribution is 5.05. The molecule has 0 radical (unpaired) electrons. The van der Waals surface area contributed by atoms with Crippen molar-refractivity contribution in [3.05, 3.63) is 17.5 Å². The highest BCUT2D eigenvalue weighted by Crippen LogP contribution is 2.01. The first-order chi connectivity index (χ1) is 6.72. The van der Waals surface area contributed by atoms with Crippen LogP contribution < -0.4 is 5.32 Å². The van der Waals surface area contributed by atoms with Crippen molar-refractivity contribution in [2.24, 2.45) is 7.05 Å². The van der Waals surface area contributed by atoms with E-state index in [9.17, 15) is 0 Å². The van der Waals surface area contributed by atoms with Gasteiger partial charge < -0.3 is 5.32 Å². The number of hydrogen-bond donors (Lipinski definition) is 1. The van der Waals surface area contributed by atoms with Gasteiger partial charge in [0, 0.05) is 6.42 Å². The van der Waals surface area contributed by atoms with Crippen molar-refractivity contribution >= 4 is 0 Å². The topological polar surface area (TPSA) is 55.6 Å². The Labute approximate surface area is 84.2 Å². The van der Waals surface area contributed by atoms with Gasteiger partial charge in [-0.2, -0.15) is 4.80 Å². The third-order valence-electron chi connectivity index (χ3n) is 1.87. The van der Waals surface area contributed by atoms with Crippen LogP contribution in [-0.2, 0) is 13.5 Å². The molecule has 0 spiro atoms. The molecule has 5 nitrogen and oxygen atoms in total. The van der Waals surface area contributed by atoms with Gasteiger partial charge in [-0.1, -0.05) is 11.6 Å². The lowest BCUT2D eigenvalue weighted by Crippen LogP contribution is -2.06. The minimum absolute atomic E-state index is 0.783. The molecule has 14 heavy (non-hydrogen) atoms. The molecule has 0 aliphatic carbocycles. The monoisotopic (exact) mass is 195 g/mol. The van der Waals surface area contributed by atoms with Crippen LogP contribution in [-0.4, -0.2) is 33.8 Å². The van der Waals surface area contributed by atoms with Crippen LogP contribution in [0.4, 0.5) is 0 Å². The molecule has 1 N–H and O–H groups in total. The van der Waals surface area contributed by atoms with Gasteiger partial charge in [-0.25, -0.2) is 0 Å². The summed E-state index contributed by atoms with van der Waals surface area (Å²) in [6, 6.07) is 0. The van der Waals surface area contributed by atoms with Crippen LogP contribution in [0.25, 0.3) is 0 Å². The molecule has 0 aliphatic rings. The SMILES string of the molecule is CNCC/C=C(/C)Cc1nnn(C)n1. The van der Waals surface area contributed by atoms with E-state index >= 15 is 0 Å². The predicted molar refractivity (Wildman–Crippen MR) is 54.8 cm³/mol. The Bertz CT molecular complexity index is 302. The number of aromatic nitrogens is 4. The first-order valence-corrected chi connectivity index (χ1v) is 4.75. The van der Waals surface area contributed by atoms with E-state index in [2.05, 4.69) is 33.7 Å². The van der Waals surface area contributed by atoms with Crippen molar-refractivity contribution in [1.82, 2.24) is 25.5 Å². The van der Waals surface area contributed by atoms with Gasteiger partial charge in [0.15, 0.2) is 5.82 Å². The first kappa shape index (κ1) is 10.8. The first-order valence-electron chi connectivity index (χ1n) is 4.75. The molecular formula is C9H17N5. The number of rotatable bonds is 5. The zero-order valence-corrected chi connectivity index (χ0v) is 8.99. The maximum Gasteiger partial charge on any atom is 0.178 e. The van der Waals surface area contributed by atoms with Crippen LogP contribution in [0.3, 0.4) is 0 Å². The second-order valence-corrected chi connectivity index (χ2v) is 3.31. The Balaban J connectivity index is 2.40. The third kappa shape index (κ3) is 3.66. The molecule has 5 heteroatoms. The van der Waals surface area contributed by atoms with Gasteiger partial charge in [0.25, 0.3) is 0 Å². The van der Waals surface area contributed by atoms with Crippen LogP contribution in [0.5, 0.6) is 0 Å².